The van der Waals surface area contributed by atoms with Crippen molar-refractivity contribution >= 4 is 22.5 Å². The molecule has 0 saturated heterocycles. The van der Waals surface area contributed by atoms with Gasteiger partial charge in [-0.2, -0.15) is 4.98 Å². The Bertz CT molecular complexity index is 1250. The number of rotatable bonds is 4. The average Bonchev–Trinajstić information content (AvgIpc) is 3.02. The van der Waals surface area contributed by atoms with Crippen LogP contribution in [0.3, 0.4) is 0 Å². The van der Waals surface area contributed by atoms with E-state index < -0.39 is 0 Å². The predicted molar refractivity (Wildman–Crippen MR) is 107 cm³/mol. The third kappa shape index (κ3) is 2.46. The van der Waals surface area contributed by atoms with E-state index in [2.05, 4.69) is 9.97 Å². The number of methoxy groups -OCH3 is 2. The molecule has 2 aromatic heterocycles. The summed E-state index contributed by atoms with van der Waals surface area (Å²) < 4.78 is 10.5. The number of anilines is 1. The van der Waals surface area contributed by atoms with E-state index in [1.54, 1.807) is 11.1 Å². The van der Waals surface area contributed by atoms with E-state index in [4.69, 9.17) is 20.2 Å². The molecule has 0 atom stereocenters. The van der Waals surface area contributed by atoms with Crippen LogP contribution in [0.1, 0.15) is 16.1 Å². The fraction of sp³-hybridized carbons (Fsp3) is 0.143. The van der Waals surface area contributed by atoms with E-state index in [1.807, 2.05) is 36.4 Å². The van der Waals surface area contributed by atoms with Gasteiger partial charge >= 0.3 is 6.01 Å². The molecule has 0 radical (unpaired) electrons. The Labute approximate surface area is 166 Å². The molecule has 8 heteroatoms. The first-order valence-electron chi connectivity index (χ1n) is 8.99. The molecule has 1 aliphatic heterocycles. The zero-order chi connectivity index (χ0) is 20.1. The number of allylic oxidation sites excluding steroid dienone is 3. The monoisotopic (exact) mass is 387 g/mol. The van der Waals surface area contributed by atoms with Crippen LogP contribution in [-0.2, 0) is 6.54 Å². The molecule has 3 aromatic rings. The second kappa shape index (κ2) is 6.30. The molecule has 5 rings (SSSR count). The van der Waals surface area contributed by atoms with Gasteiger partial charge in [-0.05, 0) is 12.2 Å². The van der Waals surface area contributed by atoms with Crippen molar-refractivity contribution in [3.63, 3.8) is 0 Å². The molecule has 1 amide bonds. The molecule has 2 N–H and O–H groups in total. The molecule has 0 saturated carbocycles. The highest BCUT2D eigenvalue weighted by Crippen LogP contribution is 2.39. The number of para-hydroxylation sites is 1. The highest BCUT2D eigenvalue weighted by atomic mass is 16.5. The Kier molecular flexibility index (Phi) is 3.73. The Morgan fingerprint density at radius 1 is 1.14 bits per heavy atom. The Morgan fingerprint density at radius 3 is 2.66 bits per heavy atom. The van der Waals surface area contributed by atoms with E-state index in [9.17, 15) is 4.79 Å². The molecule has 0 bridgehead atoms. The first-order valence-corrected chi connectivity index (χ1v) is 8.99. The van der Waals surface area contributed by atoms with Crippen LogP contribution < -0.4 is 15.2 Å². The smallest absolute Gasteiger partial charge is 0.319 e. The van der Waals surface area contributed by atoms with Gasteiger partial charge in [0.2, 0.25) is 5.88 Å². The maximum Gasteiger partial charge on any atom is 0.319 e. The number of benzene rings is 1. The largest absolute Gasteiger partial charge is 0.480 e. The summed E-state index contributed by atoms with van der Waals surface area (Å²) in [6.45, 7) is 0.384. The fourth-order valence-corrected chi connectivity index (χ4v) is 3.65. The van der Waals surface area contributed by atoms with Crippen molar-refractivity contribution in [2.24, 2.45) is 0 Å². The molecule has 2 aliphatic rings. The van der Waals surface area contributed by atoms with Crippen LogP contribution in [0.2, 0.25) is 0 Å². The number of aromatic nitrogens is 3. The Balaban J connectivity index is 1.71. The van der Waals surface area contributed by atoms with Crippen molar-refractivity contribution in [2.45, 2.75) is 6.54 Å². The van der Waals surface area contributed by atoms with Gasteiger partial charge < -0.3 is 20.1 Å². The number of hydrogen-bond donors (Lipinski definition) is 1. The standard InChI is InChI=1S/C21H17N5O3/c1-28-19-14(9-23-21(25-19)29-2)12-7-4-8-13-17(22)16-15(24-18(12)13)10-26(20(16)27)11-5-3-6-11/h3-9H,10H2,1-2H3,(H2,22,24). The minimum Gasteiger partial charge on any atom is -0.480 e. The summed E-state index contributed by atoms with van der Waals surface area (Å²) in [5.41, 5.74) is 11.0. The number of nitrogens with zero attached hydrogens (tertiary/aromatic N) is 4. The number of pyridine rings is 1. The maximum absolute atomic E-state index is 12.9. The first kappa shape index (κ1) is 17.2. The SMILES string of the molecule is COc1ncc(-c2cccc3c(N)c4c(nc23)CN(C2=CC=C2)C4=O)c(OC)n1. The van der Waals surface area contributed by atoms with Crippen LogP contribution in [0.5, 0.6) is 11.9 Å². The molecule has 1 aromatic carbocycles. The van der Waals surface area contributed by atoms with Crippen molar-refractivity contribution in [3.05, 3.63) is 59.6 Å². The highest BCUT2D eigenvalue weighted by Gasteiger charge is 2.34. The number of amides is 1. The zero-order valence-electron chi connectivity index (χ0n) is 15.8. The van der Waals surface area contributed by atoms with Crippen molar-refractivity contribution in [3.8, 4) is 23.0 Å². The Morgan fingerprint density at radius 2 is 1.97 bits per heavy atom. The van der Waals surface area contributed by atoms with Crippen LogP contribution in [0.4, 0.5) is 5.69 Å². The molecular weight excluding hydrogens is 370 g/mol. The number of fused-ring (bicyclic) bond motifs is 2. The van der Waals surface area contributed by atoms with Crippen LogP contribution in [0.15, 0.2) is 48.3 Å². The van der Waals surface area contributed by atoms with E-state index in [1.165, 1.54) is 14.2 Å². The molecule has 8 nitrogen and oxygen atoms in total. The van der Waals surface area contributed by atoms with Gasteiger partial charge in [-0.1, -0.05) is 24.3 Å². The lowest BCUT2D eigenvalue weighted by Crippen LogP contribution is -2.24. The van der Waals surface area contributed by atoms with Gasteiger partial charge in [-0.25, -0.2) is 9.97 Å². The van der Waals surface area contributed by atoms with E-state index in [-0.39, 0.29) is 11.9 Å². The van der Waals surface area contributed by atoms with Crippen molar-refractivity contribution in [1.29, 1.82) is 0 Å². The molecular formula is C21H17N5O3. The maximum atomic E-state index is 12.9. The average molecular weight is 387 g/mol. The number of carbonyl (C=O) groups excluding carboxylic acids is 1. The number of nitrogen functional groups attached to an aromatic ring is 1. The van der Waals surface area contributed by atoms with Gasteiger partial charge in [-0.3, -0.25) is 4.79 Å². The van der Waals surface area contributed by atoms with E-state index >= 15 is 0 Å². The zero-order valence-corrected chi connectivity index (χ0v) is 15.8. The number of carbonyl (C=O) groups is 1. The molecule has 3 heterocycles. The lowest BCUT2D eigenvalue weighted by atomic mass is 10.0. The van der Waals surface area contributed by atoms with Crippen LogP contribution >= 0.6 is 0 Å². The molecule has 29 heavy (non-hydrogen) atoms. The quantitative estimate of drug-likeness (QED) is 0.734. The number of ether oxygens (including phenoxy) is 2. The van der Waals surface area contributed by atoms with Gasteiger partial charge in [-0.15, -0.1) is 0 Å². The predicted octanol–water partition coefficient (Wildman–Crippen LogP) is 2.70. The summed E-state index contributed by atoms with van der Waals surface area (Å²) in [5.74, 6) is 0.242. The van der Waals surface area contributed by atoms with Crippen LogP contribution in [0.25, 0.3) is 22.0 Å². The number of nitrogens with two attached hydrogens (primary N) is 1. The third-order valence-electron chi connectivity index (χ3n) is 5.14. The summed E-state index contributed by atoms with van der Waals surface area (Å²) in [5, 5.41) is 0.701. The number of hydrogen-bond acceptors (Lipinski definition) is 7. The van der Waals surface area contributed by atoms with Crippen LogP contribution in [0, 0.1) is 0 Å². The van der Waals surface area contributed by atoms with Gasteiger partial charge in [0.1, 0.15) is 0 Å². The molecule has 0 fully saturated rings. The molecule has 0 spiro atoms. The van der Waals surface area contributed by atoms with Gasteiger partial charge in [0.25, 0.3) is 5.91 Å². The molecule has 1 aliphatic carbocycles. The highest BCUT2D eigenvalue weighted by molar-refractivity contribution is 6.12. The fourth-order valence-electron chi connectivity index (χ4n) is 3.65. The summed E-state index contributed by atoms with van der Waals surface area (Å²) >= 11 is 0. The lowest BCUT2D eigenvalue weighted by molar-refractivity contribution is 0.0831. The second-order valence-corrected chi connectivity index (χ2v) is 6.67. The lowest BCUT2D eigenvalue weighted by Gasteiger charge is -2.19. The minimum atomic E-state index is -0.127. The summed E-state index contributed by atoms with van der Waals surface area (Å²) in [7, 11) is 3.03. The van der Waals surface area contributed by atoms with E-state index in [0.29, 0.717) is 45.8 Å². The first-order chi connectivity index (χ1) is 14.1. The van der Waals surface area contributed by atoms with Crippen molar-refractivity contribution < 1.29 is 14.3 Å². The van der Waals surface area contributed by atoms with Crippen molar-refractivity contribution in [2.75, 3.05) is 20.0 Å². The van der Waals surface area contributed by atoms with Gasteiger partial charge in [0.15, 0.2) is 0 Å². The topological polar surface area (TPSA) is 103 Å². The normalized spacial score (nSPS) is 14.6. The second-order valence-electron chi connectivity index (χ2n) is 6.67. The third-order valence-corrected chi connectivity index (χ3v) is 5.14. The molecule has 144 valence electrons. The van der Waals surface area contributed by atoms with Gasteiger partial charge in [0, 0.05) is 22.8 Å². The van der Waals surface area contributed by atoms with Crippen LogP contribution in [-0.4, -0.2) is 40.0 Å². The van der Waals surface area contributed by atoms with Gasteiger partial charge in [0.05, 0.1) is 48.8 Å². The van der Waals surface area contributed by atoms with E-state index in [0.717, 1.165) is 11.3 Å². The molecule has 0 unspecified atom stereocenters. The van der Waals surface area contributed by atoms with Crippen molar-refractivity contribution in [1.82, 2.24) is 19.9 Å². The summed E-state index contributed by atoms with van der Waals surface area (Å²) in [6.07, 6.45) is 7.31. The summed E-state index contributed by atoms with van der Waals surface area (Å²) in [4.78, 5) is 27.9. The minimum absolute atomic E-state index is 0.127. The Hall–Kier alpha value is -3.94. The summed E-state index contributed by atoms with van der Waals surface area (Å²) in [6, 6.07) is 5.83.